The quantitative estimate of drug-likeness (QED) is 0.324. The van der Waals surface area contributed by atoms with Gasteiger partial charge in [0.2, 0.25) is 0 Å². The Morgan fingerprint density at radius 2 is 2.28 bits per heavy atom. The molecule has 0 aliphatic rings. The molecule has 0 spiro atoms. The van der Waals surface area contributed by atoms with Gasteiger partial charge in [0.15, 0.2) is 0 Å². The van der Waals surface area contributed by atoms with Crippen LogP contribution in [0, 0.1) is 11.8 Å². The number of hydrogen-bond acceptors (Lipinski definition) is 5. The first-order valence-corrected chi connectivity index (χ1v) is 5.08. The van der Waals surface area contributed by atoms with Crippen molar-refractivity contribution in [1.29, 1.82) is 0 Å². The normalized spacial score (nSPS) is 9.39. The van der Waals surface area contributed by atoms with Crippen LogP contribution in [-0.4, -0.2) is 29.2 Å². The van der Waals surface area contributed by atoms with Gasteiger partial charge < -0.3 is 9.47 Å². The molecule has 0 radical (unpaired) electrons. The van der Waals surface area contributed by atoms with Crippen molar-refractivity contribution in [2.75, 3.05) is 13.7 Å². The largest absolute Gasteiger partial charge is 0.459 e. The summed E-state index contributed by atoms with van der Waals surface area (Å²) in [6.07, 6.45) is 1.68. The van der Waals surface area contributed by atoms with E-state index in [0.29, 0.717) is 6.42 Å². The van der Waals surface area contributed by atoms with Gasteiger partial charge in [-0.1, -0.05) is 5.92 Å². The number of carbonyl (C=O) groups is 1. The first kappa shape index (κ1) is 13.7. The van der Waals surface area contributed by atoms with Gasteiger partial charge in [0, 0.05) is 24.6 Å². The number of nitrogens with one attached hydrogen (secondary N) is 1. The number of methoxy groups -OCH3 is 1. The van der Waals surface area contributed by atoms with E-state index in [4.69, 9.17) is 4.74 Å². The van der Waals surface area contributed by atoms with Crippen LogP contribution in [0.2, 0.25) is 0 Å². The Kier molecular flexibility index (Phi) is 5.41. The molecule has 1 aromatic rings. The van der Waals surface area contributed by atoms with Gasteiger partial charge in [0.05, 0.1) is 13.7 Å². The number of nitrogens with zero attached hydrogens (tertiary/aromatic N) is 1. The van der Waals surface area contributed by atoms with Gasteiger partial charge in [-0.3, -0.25) is 14.3 Å². The van der Waals surface area contributed by atoms with Gasteiger partial charge in [0.25, 0.3) is 5.56 Å². The van der Waals surface area contributed by atoms with Crippen molar-refractivity contribution in [1.82, 2.24) is 9.55 Å². The summed E-state index contributed by atoms with van der Waals surface area (Å²) in [4.78, 5) is 34.7. The Labute approximate surface area is 102 Å². The molecule has 1 aromatic heterocycles. The van der Waals surface area contributed by atoms with Crippen LogP contribution >= 0.6 is 0 Å². The van der Waals surface area contributed by atoms with E-state index in [0.717, 1.165) is 0 Å². The minimum Gasteiger partial charge on any atom is -0.459 e. The van der Waals surface area contributed by atoms with Crippen LogP contribution in [0.4, 0.5) is 0 Å². The van der Waals surface area contributed by atoms with Crippen LogP contribution in [0.1, 0.15) is 6.42 Å². The number of ether oxygens (including phenoxy) is 2. The second-order valence-corrected chi connectivity index (χ2v) is 3.16. The lowest BCUT2D eigenvalue weighted by Gasteiger charge is -2.03. The fraction of sp³-hybridized carbons (Fsp3) is 0.364. The molecule has 0 fully saturated rings. The molecule has 1 rings (SSSR count). The highest BCUT2D eigenvalue weighted by Crippen LogP contribution is 1.84. The van der Waals surface area contributed by atoms with Gasteiger partial charge in [-0.15, -0.1) is 0 Å². The summed E-state index contributed by atoms with van der Waals surface area (Å²) < 4.78 is 10.7. The smallest absolute Gasteiger partial charge is 0.384 e. The molecule has 0 aliphatic carbocycles. The predicted molar refractivity (Wildman–Crippen MR) is 61.7 cm³/mol. The Morgan fingerprint density at radius 1 is 1.50 bits per heavy atom. The maximum absolute atomic E-state index is 11.2. The number of H-pyrrole nitrogens is 1. The van der Waals surface area contributed by atoms with Crippen LogP contribution in [0.15, 0.2) is 21.9 Å². The van der Waals surface area contributed by atoms with Gasteiger partial charge in [-0.2, -0.15) is 0 Å². The van der Waals surface area contributed by atoms with Gasteiger partial charge >= 0.3 is 11.7 Å². The standard InChI is InChI=1S/C11H12N2O5/c1-17-10(15)4-2-3-7-18-8-13-6-5-9(14)12-11(13)16/h5-6H,3,7-8H2,1H3,(H,12,14,16). The fourth-order valence-corrected chi connectivity index (χ4v) is 1.02. The molecule has 0 bridgehead atoms. The molecule has 0 saturated heterocycles. The van der Waals surface area contributed by atoms with E-state index in [-0.39, 0.29) is 13.3 Å². The van der Waals surface area contributed by atoms with E-state index in [9.17, 15) is 14.4 Å². The minimum absolute atomic E-state index is 0.00944. The summed E-state index contributed by atoms with van der Waals surface area (Å²) in [7, 11) is 1.25. The average Bonchev–Trinajstić information content (AvgIpc) is 2.35. The first-order chi connectivity index (χ1) is 8.63. The van der Waals surface area contributed by atoms with Crippen molar-refractivity contribution < 1.29 is 14.3 Å². The number of carbonyl (C=O) groups excluding carboxylic acids is 1. The lowest BCUT2D eigenvalue weighted by atomic mass is 10.4. The minimum atomic E-state index is -0.605. The number of hydrogen-bond donors (Lipinski definition) is 1. The van der Waals surface area contributed by atoms with Crippen LogP contribution in [0.5, 0.6) is 0 Å². The zero-order valence-corrected chi connectivity index (χ0v) is 9.76. The third-order valence-electron chi connectivity index (χ3n) is 1.87. The van der Waals surface area contributed by atoms with E-state index < -0.39 is 17.2 Å². The van der Waals surface area contributed by atoms with E-state index in [1.54, 1.807) is 0 Å². The lowest BCUT2D eigenvalue weighted by molar-refractivity contribution is -0.133. The van der Waals surface area contributed by atoms with Crippen LogP contribution in [0.25, 0.3) is 0 Å². The SMILES string of the molecule is COC(=O)C#CCCOCn1ccc(=O)[nH]c1=O. The van der Waals surface area contributed by atoms with Crippen LogP contribution in [0.3, 0.4) is 0 Å². The molecule has 7 nitrogen and oxygen atoms in total. The maximum Gasteiger partial charge on any atom is 0.384 e. The molecule has 96 valence electrons. The molecule has 0 saturated carbocycles. The Balaban J connectivity index is 2.34. The monoisotopic (exact) mass is 252 g/mol. The van der Waals surface area contributed by atoms with Crippen molar-refractivity contribution in [2.45, 2.75) is 13.2 Å². The number of esters is 1. The Hall–Kier alpha value is -2.33. The second kappa shape index (κ2) is 7.09. The van der Waals surface area contributed by atoms with Gasteiger partial charge in [0.1, 0.15) is 6.73 Å². The Bertz CT molecular complexity index is 575. The third kappa shape index (κ3) is 4.67. The van der Waals surface area contributed by atoms with Gasteiger partial charge in [-0.25, -0.2) is 9.59 Å². The summed E-state index contributed by atoms with van der Waals surface area (Å²) in [6, 6.07) is 1.22. The molecule has 1 heterocycles. The molecule has 18 heavy (non-hydrogen) atoms. The van der Waals surface area contributed by atoms with Crippen molar-refractivity contribution in [3.8, 4) is 11.8 Å². The Morgan fingerprint density at radius 3 is 2.94 bits per heavy atom. The number of aromatic amines is 1. The summed E-state index contributed by atoms with van der Waals surface area (Å²) >= 11 is 0. The van der Waals surface area contributed by atoms with Crippen molar-refractivity contribution in [2.24, 2.45) is 0 Å². The summed E-state index contributed by atoms with van der Waals surface area (Å²) in [5, 5.41) is 0. The molecule has 0 aliphatic heterocycles. The molecule has 0 aromatic carbocycles. The van der Waals surface area contributed by atoms with E-state index in [2.05, 4.69) is 21.6 Å². The highest BCUT2D eigenvalue weighted by molar-refractivity contribution is 5.88. The number of aromatic nitrogens is 2. The second-order valence-electron chi connectivity index (χ2n) is 3.16. The highest BCUT2D eigenvalue weighted by Gasteiger charge is 1.95. The lowest BCUT2D eigenvalue weighted by Crippen LogP contribution is -2.29. The van der Waals surface area contributed by atoms with Crippen molar-refractivity contribution in [3.63, 3.8) is 0 Å². The molecular formula is C11H12N2O5. The average molecular weight is 252 g/mol. The zero-order valence-electron chi connectivity index (χ0n) is 9.76. The molecule has 0 unspecified atom stereocenters. The maximum atomic E-state index is 11.2. The predicted octanol–water partition coefficient (Wildman–Crippen LogP) is -0.923. The fourth-order valence-electron chi connectivity index (χ4n) is 1.02. The molecule has 1 N–H and O–H groups in total. The van der Waals surface area contributed by atoms with Crippen LogP contribution in [-0.2, 0) is 21.0 Å². The van der Waals surface area contributed by atoms with E-state index in [1.165, 1.54) is 23.9 Å². The van der Waals surface area contributed by atoms with Gasteiger partial charge in [-0.05, 0) is 0 Å². The first-order valence-electron chi connectivity index (χ1n) is 5.08. The van der Waals surface area contributed by atoms with Crippen molar-refractivity contribution in [3.05, 3.63) is 33.1 Å². The molecule has 0 atom stereocenters. The summed E-state index contributed by atoms with van der Waals surface area (Å²) in [6.45, 7) is 0.269. The van der Waals surface area contributed by atoms with E-state index >= 15 is 0 Å². The highest BCUT2D eigenvalue weighted by atomic mass is 16.5. The van der Waals surface area contributed by atoms with E-state index in [1.807, 2.05) is 0 Å². The molecule has 7 heteroatoms. The summed E-state index contributed by atoms with van der Waals surface area (Å²) in [5.74, 6) is 4.19. The third-order valence-corrected chi connectivity index (χ3v) is 1.87. The number of rotatable bonds is 4. The summed E-state index contributed by atoms with van der Waals surface area (Å²) in [5.41, 5.74) is -0.997. The topological polar surface area (TPSA) is 90.4 Å². The van der Waals surface area contributed by atoms with Crippen molar-refractivity contribution >= 4 is 5.97 Å². The molecule has 0 amide bonds. The molecular weight excluding hydrogens is 240 g/mol. The van der Waals surface area contributed by atoms with Crippen LogP contribution < -0.4 is 11.2 Å². The zero-order chi connectivity index (χ0) is 13.4.